The van der Waals surface area contributed by atoms with E-state index in [0.29, 0.717) is 37.9 Å². The first-order valence-electron chi connectivity index (χ1n) is 8.40. The first-order chi connectivity index (χ1) is 11.1. The Hall–Kier alpha value is -1.91. The van der Waals surface area contributed by atoms with Crippen LogP contribution in [0.2, 0.25) is 0 Å². The molecule has 2 amide bonds. The number of amides is 2. The maximum Gasteiger partial charge on any atom is 0.222 e. The van der Waals surface area contributed by atoms with Crippen molar-refractivity contribution in [2.24, 2.45) is 0 Å². The lowest BCUT2D eigenvalue weighted by molar-refractivity contribution is -0.132. The largest absolute Gasteiger partial charge is 0.353 e. The van der Waals surface area contributed by atoms with Crippen molar-refractivity contribution in [2.45, 2.75) is 51.5 Å². The quantitative estimate of drug-likeness (QED) is 0.876. The number of likely N-dealkylation sites (tertiary alicyclic amines) is 1. The topological polar surface area (TPSA) is 49.4 Å². The summed E-state index contributed by atoms with van der Waals surface area (Å²) in [6, 6.07) is 6.75. The van der Waals surface area contributed by atoms with Gasteiger partial charge in [0.15, 0.2) is 0 Å². The molecule has 0 radical (unpaired) electrons. The van der Waals surface area contributed by atoms with Gasteiger partial charge in [0.2, 0.25) is 11.8 Å². The van der Waals surface area contributed by atoms with E-state index in [2.05, 4.69) is 5.32 Å². The summed E-state index contributed by atoms with van der Waals surface area (Å²) in [4.78, 5) is 25.6. The Morgan fingerprint density at radius 1 is 1.22 bits per heavy atom. The van der Waals surface area contributed by atoms with E-state index in [4.69, 9.17) is 0 Å². The summed E-state index contributed by atoms with van der Waals surface area (Å²) in [6.07, 6.45) is 3.75. The van der Waals surface area contributed by atoms with Crippen molar-refractivity contribution in [3.63, 3.8) is 0 Å². The molecule has 0 unspecified atom stereocenters. The average molecular weight is 320 g/mol. The van der Waals surface area contributed by atoms with E-state index in [-0.39, 0.29) is 23.7 Å². The Morgan fingerprint density at radius 2 is 1.91 bits per heavy atom. The smallest absolute Gasteiger partial charge is 0.222 e. The van der Waals surface area contributed by atoms with E-state index in [0.717, 1.165) is 19.3 Å². The molecule has 23 heavy (non-hydrogen) atoms. The maximum atomic E-state index is 13.6. The van der Waals surface area contributed by atoms with Crippen LogP contribution >= 0.6 is 0 Å². The third-order valence-electron chi connectivity index (χ3n) is 4.26. The van der Waals surface area contributed by atoms with Crippen molar-refractivity contribution in [1.29, 1.82) is 0 Å². The fourth-order valence-electron chi connectivity index (χ4n) is 2.90. The molecule has 0 spiro atoms. The molecule has 1 aromatic carbocycles. The van der Waals surface area contributed by atoms with Crippen molar-refractivity contribution in [2.75, 3.05) is 13.1 Å². The van der Waals surface area contributed by atoms with Crippen LogP contribution in [0.3, 0.4) is 0 Å². The summed E-state index contributed by atoms with van der Waals surface area (Å²) in [5, 5.41) is 3.02. The maximum absolute atomic E-state index is 13.6. The van der Waals surface area contributed by atoms with Gasteiger partial charge in [-0.15, -0.1) is 0 Å². The number of hydrogen-bond acceptors (Lipinski definition) is 2. The molecule has 5 heteroatoms. The van der Waals surface area contributed by atoms with Crippen LogP contribution in [0.15, 0.2) is 24.3 Å². The normalized spacial score (nSPS) is 15.5. The van der Waals surface area contributed by atoms with Gasteiger partial charge < -0.3 is 10.2 Å². The van der Waals surface area contributed by atoms with Gasteiger partial charge in [0.05, 0.1) is 0 Å². The molecule has 4 nitrogen and oxygen atoms in total. The van der Waals surface area contributed by atoms with Crippen LogP contribution in [0.1, 0.15) is 44.6 Å². The second-order valence-electron chi connectivity index (χ2n) is 6.06. The summed E-state index contributed by atoms with van der Waals surface area (Å²) >= 11 is 0. The van der Waals surface area contributed by atoms with E-state index in [1.54, 1.807) is 18.2 Å². The summed E-state index contributed by atoms with van der Waals surface area (Å²) in [5.74, 6) is -0.0962. The summed E-state index contributed by atoms with van der Waals surface area (Å²) < 4.78 is 13.6. The monoisotopic (exact) mass is 320 g/mol. The highest BCUT2D eigenvalue weighted by atomic mass is 19.1. The van der Waals surface area contributed by atoms with Gasteiger partial charge in [-0.3, -0.25) is 9.59 Å². The van der Waals surface area contributed by atoms with Crippen LogP contribution in [0.5, 0.6) is 0 Å². The highest BCUT2D eigenvalue weighted by Gasteiger charge is 2.23. The number of carbonyl (C=O) groups excluding carboxylic acids is 2. The van der Waals surface area contributed by atoms with Gasteiger partial charge in [-0.05, 0) is 37.3 Å². The lowest BCUT2D eigenvalue weighted by Gasteiger charge is -2.32. The highest BCUT2D eigenvalue weighted by molar-refractivity contribution is 5.77. The van der Waals surface area contributed by atoms with Crippen molar-refractivity contribution in [3.8, 4) is 0 Å². The van der Waals surface area contributed by atoms with Gasteiger partial charge in [0.1, 0.15) is 5.82 Å². The van der Waals surface area contributed by atoms with Gasteiger partial charge in [-0.1, -0.05) is 25.1 Å². The summed E-state index contributed by atoms with van der Waals surface area (Å²) in [7, 11) is 0. The molecule has 1 saturated heterocycles. The predicted molar refractivity (Wildman–Crippen MR) is 87.4 cm³/mol. The molecule has 1 aliphatic heterocycles. The minimum Gasteiger partial charge on any atom is -0.353 e. The van der Waals surface area contributed by atoms with Crippen LogP contribution in [-0.2, 0) is 16.0 Å². The molecule has 0 atom stereocenters. The van der Waals surface area contributed by atoms with E-state index in [9.17, 15) is 14.0 Å². The Labute approximate surface area is 137 Å². The number of halogens is 1. The second-order valence-corrected chi connectivity index (χ2v) is 6.06. The number of carbonyl (C=O) groups is 2. The summed E-state index contributed by atoms with van der Waals surface area (Å²) in [6.45, 7) is 3.30. The van der Waals surface area contributed by atoms with Crippen LogP contribution in [-0.4, -0.2) is 35.8 Å². The molecule has 1 aliphatic rings. The lowest BCUT2D eigenvalue weighted by Crippen LogP contribution is -2.46. The Kier molecular flexibility index (Phi) is 6.56. The molecule has 0 saturated carbocycles. The molecule has 2 rings (SSSR count). The first kappa shape index (κ1) is 17.4. The van der Waals surface area contributed by atoms with Gasteiger partial charge in [-0.2, -0.15) is 0 Å². The van der Waals surface area contributed by atoms with Gasteiger partial charge in [-0.25, -0.2) is 4.39 Å². The molecule has 0 bridgehead atoms. The second kappa shape index (κ2) is 8.65. The molecule has 1 fully saturated rings. The fraction of sp³-hybridized carbons (Fsp3) is 0.556. The van der Waals surface area contributed by atoms with E-state index >= 15 is 0 Å². The third-order valence-corrected chi connectivity index (χ3v) is 4.26. The number of benzene rings is 1. The Morgan fingerprint density at radius 3 is 2.57 bits per heavy atom. The van der Waals surface area contributed by atoms with Crippen molar-refractivity contribution >= 4 is 11.8 Å². The zero-order valence-electron chi connectivity index (χ0n) is 13.7. The SMILES string of the molecule is CCCC(=O)NC1CCN(C(=O)CCc2ccccc2F)CC1. The number of piperidine rings is 1. The predicted octanol–water partition coefficient (Wildman–Crippen LogP) is 2.67. The van der Waals surface area contributed by atoms with Crippen molar-refractivity contribution in [1.82, 2.24) is 10.2 Å². The molecular weight excluding hydrogens is 295 g/mol. The zero-order valence-corrected chi connectivity index (χ0v) is 13.7. The van der Waals surface area contributed by atoms with E-state index < -0.39 is 0 Å². The minimum absolute atomic E-state index is 0.0617. The van der Waals surface area contributed by atoms with Crippen LogP contribution < -0.4 is 5.32 Å². The first-order valence-corrected chi connectivity index (χ1v) is 8.40. The molecule has 0 aromatic heterocycles. The lowest BCUT2D eigenvalue weighted by atomic mass is 10.0. The van der Waals surface area contributed by atoms with Gasteiger partial charge in [0, 0.05) is 32.0 Å². The molecule has 0 aliphatic carbocycles. The average Bonchev–Trinajstić information content (AvgIpc) is 2.55. The molecule has 1 aromatic rings. The molecular formula is C18H25FN2O2. The standard InChI is InChI=1S/C18H25FN2O2/c1-2-5-17(22)20-15-10-12-21(13-11-15)18(23)9-8-14-6-3-4-7-16(14)19/h3-4,6-7,15H,2,5,8-13H2,1H3,(H,20,22). The minimum atomic E-state index is -0.252. The van der Waals surface area contributed by atoms with Crippen LogP contribution in [0.4, 0.5) is 4.39 Å². The Balaban J connectivity index is 1.73. The highest BCUT2D eigenvalue weighted by Crippen LogP contribution is 2.14. The van der Waals surface area contributed by atoms with Crippen LogP contribution in [0, 0.1) is 5.82 Å². The third kappa shape index (κ3) is 5.34. The van der Waals surface area contributed by atoms with Crippen molar-refractivity contribution in [3.05, 3.63) is 35.6 Å². The number of nitrogens with zero attached hydrogens (tertiary/aromatic N) is 1. The number of nitrogens with one attached hydrogen (secondary N) is 1. The zero-order chi connectivity index (χ0) is 16.7. The number of hydrogen-bond donors (Lipinski definition) is 1. The molecule has 1 N–H and O–H groups in total. The van der Waals surface area contributed by atoms with Gasteiger partial charge in [0.25, 0.3) is 0 Å². The van der Waals surface area contributed by atoms with Crippen molar-refractivity contribution < 1.29 is 14.0 Å². The van der Waals surface area contributed by atoms with Crippen LogP contribution in [0.25, 0.3) is 0 Å². The van der Waals surface area contributed by atoms with Gasteiger partial charge >= 0.3 is 0 Å². The Bertz CT molecular complexity index is 540. The summed E-state index contributed by atoms with van der Waals surface area (Å²) in [5.41, 5.74) is 0.586. The molecule has 126 valence electrons. The number of rotatable bonds is 6. The van der Waals surface area contributed by atoms with E-state index in [1.807, 2.05) is 11.8 Å². The number of aryl methyl sites for hydroxylation is 1. The van der Waals surface area contributed by atoms with E-state index in [1.165, 1.54) is 6.07 Å². The fourth-order valence-corrected chi connectivity index (χ4v) is 2.90. The molecule has 1 heterocycles.